The van der Waals surface area contributed by atoms with Crippen LogP contribution in [0.5, 0.6) is 0 Å². The topological polar surface area (TPSA) is 38.7 Å². The number of nitrogens with zero attached hydrogens (tertiary/aromatic N) is 3. The summed E-state index contributed by atoms with van der Waals surface area (Å²) in [5, 5.41) is 2.39. The van der Waals surface area contributed by atoms with Crippen molar-refractivity contribution in [3.05, 3.63) is 230 Å². The predicted octanol–water partition coefficient (Wildman–Crippen LogP) is 14.9. The van der Waals surface area contributed by atoms with Gasteiger partial charge in [-0.05, 0) is 101 Å². The molecule has 3 heteroatoms. The van der Waals surface area contributed by atoms with E-state index in [0.29, 0.717) is 23.4 Å². The van der Waals surface area contributed by atoms with E-state index in [-0.39, 0.29) is 0 Å². The van der Waals surface area contributed by atoms with Gasteiger partial charge in [-0.2, -0.15) is 0 Å². The first-order valence-electron chi connectivity index (χ1n) is 20.9. The van der Waals surface area contributed by atoms with E-state index in [1.807, 2.05) is 6.07 Å². The SMILES string of the molecule is C1=C2c3ccccc3-c3ccc4c(-c5nc(-c6ccc(-c7ccccc7)cc6)nc(-c6ccc(-c7cc(-c8ccccc8)cc(-c8ccccc8)c7)cc6)n5)cccc4c3C12. The van der Waals surface area contributed by atoms with Gasteiger partial charge in [0.05, 0.1) is 0 Å². The molecule has 3 nitrogen and oxygen atoms in total. The number of rotatable bonds is 7. The quantitative estimate of drug-likeness (QED) is 0.162. The Kier molecular flexibility index (Phi) is 8.24. The molecule has 61 heavy (non-hydrogen) atoms. The highest BCUT2D eigenvalue weighted by Crippen LogP contribution is 2.58. The first-order chi connectivity index (χ1) is 30.2. The fourth-order valence-electron chi connectivity index (χ4n) is 9.14. The minimum atomic E-state index is 0.340. The number of hydrogen-bond donors (Lipinski definition) is 0. The number of aromatic nitrogens is 3. The van der Waals surface area contributed by atoms with Crippen LogP contribution in [0.15, 0.2) is 218 Å². The predicted molar refractivity (Wildman–Crippen MR) is 252 cm³/mol. The van der Waals surface area contributed by atoms with Gasteiger partial charge in [0.1, 0.15) is 0 Å². The fourth-order valence-corrected chi connectivity index (χ4v) is 9.14. The average Bonchev–Trinajstić information content (AvgIpc) is 4.16. The first-order valence-corrected chi connectivity index (χ1v) is 20.9. The summed E-state index contributed by atoms with van der Waals surface area (Å²) >= 11 is 0. The van der Waals surface area contributed by atoms with E-state index >= 15 is 0 Å². The average molecular weight is 776 g/mol. The Bertz CT molecular complexity index is 3260. The lowest BCUT2D eigenvalue weighted by molar-refractivity contribution is 1.08. The van der Waals surface area contributed by atoms with Gasteiger partial charge in [0, 0.05) is 22.6 Å². The molecule has 2 aliphatic carbocycles. The molecule has 1 atom stereocenters. The summed E-state index contributed by atoms with van der Waals surface area (Å²) in [5.74, 6) is 2.27. The smallest absolute Gasteiger partial charge is 0.164 e. The van der Waals surface area contributed by atoms with E-state index in [1.165, 1.54) is 61.0 Å². The highest BCUT2D eigenvalue weighted by molar-refractivity contribution is 6.09. The number of benzene rings is 9. The second-order valence-electron chi connectivity index (χ2n) is 15.9. The Morgan fingerprint density at radius 3 is 1.25 bits per heavy atom. The van der Waals surface area contributed by atoms with Gasteiger partial charge in [0.15, 0.2) is 17.5 Å². The van der Waals surface area contributed by atoms with Gasteiger partial charge in [-0.15, -0.1) is 0 Å². The highest BCUT2D eigenvalue weighted by Gasteiger charge is 2.37. The zero-order valence-electron chi connectivity index (χ0n) is 33.2. The molecule has 10 aromatic rings. The van der Waals surface area contributed by atoms with Crippen LogP contribution in [0.1, 0.15) is 17.0 Å². The Morgan fingerprint density at radius 2 is 0.689 bits per heavy atom. The van der Waals surface area contributed by atoms with Crippen molar-refractivity contribution in [1.29, 1.82) is 0 Å². The minimum Gasteiger partial charge on any atom is -0.208 e. The third-order valence-corrected chi connectivity index (χ3v) is 12.3. The van der Waals surface area contributed by atoms with E-state index in [4.69, 9.17) is 15.0 Å². The van der Waals surface area contributed by atoms with Crippen LogP contribution in [0, 0.1) is 0 Å². The molecule has 0 amide bonds. The van der Waals surface area contributed by atoms with Crippen LogP contribution >= 0.6 is 0 Å². The normalized spacial score (nSPS) is 13.5. The third-order valence-electron chi connectivity index (χ3n) is 12.3. The largest absolute Gasteiger partial charge is 0.208 e. The summed E-state index contributed by atoms with van der Waals surface area (Å²) < 4.78 is 0. The molecule has 0 spiro atoms. The van der Waals surface area contributed by atoms with Crippen LogP contribution in [0.25, 0.3) is 106 Å². The van der Waals surface area contributed by atoms with Gasteiger partial charge in [-0.1, -0.05) is 200 Å². The van der Waals surface area contributed by atoms with Crippen molar-refractivity contribution in [3.63, 3.8) is 0 Å². The molecule has 0 bridgehead atoms. The number of fused-ring (bicyclic) bond motifs is 8. The van der Waals surface area contributed by atoms with Crippen molar-refractivity contribution in [1.82, 2.24) is 15.0 Å². The van der Waals surface area contributed by atoms with Gasteiger partial charge in [0.2, 0.25) is 0 Å². The Balaban J connectivity index is 0.980. The second-order valence-corrected chi connectivity index (χ2v) is 15.9. The maximum Gasteiger partial charge on any atom is 0.164 e. The Morgan fingerprint density at radius 1 is 0.262 bits per heavy atom. The van der Waals surface area contributed by atoms with E-state index in [9.17, 15) is 0 Å². The summed E-state index contributed by atoms with van der Waals surface area (Å²) in [6, 6.07) is 75.6. The van der Waals surface area contributed by atoms with Crippen LogP contribution in [0.4, 0.5) is 0 Å². The highest BCUT2D eigenvalue weighted by atomic mass is 15.0. The maximum atomic E-state index is 5.27. The lowest BCUT2D eigenvalue weighted by Crippen LogP contribution is -2.02. The Labute approximate surface area is 355 Å². The molecule has 1 aromatic heterocycles. The van der Waals surface area contributed by atoms with E-state index in [2.05, 4.69) is 212 Å². The standard InChI is InChI=1S/C58H37N3/c1-4-13-37(14-5-1)40-23-27-42(28-24-40)56-59-57(43-29-25-41(26-30-43)46-34-44(38-15-6-2-7-16-38)33-45(35-46)39-17-8-3-9-18-39)61-58(60-56)52-22-12-21-50-49(52)31-32-51-47-19-10-11-20-48(47)53-36-54(53)55(50)51/h1-36,54H. The molecule has 1 heterocycles. The van der Waals surface area contributed by atoms with Crippen molar-refractivity contribution in [2.75, 3.05) is 0 Å². The third kappa shape index (κ3) is 6.27. The zero-order chi connectivity index (χ0) is 40.3. The summed E-state index contributed by atoms with van der Waals surface area (Å²) in [5.41, 5.74) is 19.0. The summed E-state index contributed by atoms with van der Waals surface area (Å²) in [7, 11) is 0. The lowest BCUT2D eigenvalue weighted by atomic mass is 9.82. The Hall–Kier alpha value is -8.01. The molecule has 12 rings (SSSR count). The van der Waals surface area contributed by atoms with Crippen molar-refractivity contribution < 1.29 is 0 Å². The van der Waals surface area contributed by atoms with Crippen LogP contribution < -0.4 is 0 Å². The molecular weight excluding hydrogens is 739 g/mol. The van der Waals surface area contributed by atoms with Crippen molar-refractivity contribution in [2.45, 2.75) is 5.92 Å². The van der Waals surface area contributed by atoms with Crippen LogP contribution in [-0.4, -0.2) is 15.0 Å². The monoisotopic (exact) mass is 775 g/mol. The van der Waals surface area contributed by atoms with Gasteiger partial charge in [0.25, 0.3) is 0 Å². The van der Waals surface area contributed by atoms with E-state index < -0.39 is 0 Å². The zero-order valence-corrected chi connectivity index (χ0v) is 33.2. The van der Waals surface area contributed by atoms with Crippen LogP contribution in [0.3, 0.4) is 0 Å². The summed E-state index contributed by atoms with van der Waals surface area (Å²) in [6.45, 7) is 0. The van der Waals surface area contributed by atoms with E-state index in [0.717, 1.165) is 38.8 Å². The second kappa shape index (κ2) is 14.4. The maximum absolute atomic E-state index is 5.27. The van der Waals surface area contributed by atoms with Gasteiger partial charge in [-0.3, -0.25) is 0 Å². The fraction of sp³-hybridized carbons (Fsp3) is 0.0172. The van der Waals surface area contributed by atoms with Crippen LogP contribution in [0.2, 0.25) is 0 Å². The molecule has 9 aromatic carbocycles. The molecule has 0 N–H and O–H groups in total. The van der Waals surface area contributed by atoms with Crippen molar-refractivity contribution in [2.24, 2.45) is 0 Å². The number of allylic oxidation sites excluding steroid dienone is 2. The summed E-state index contributed by atoms with van der Waals surface area (Å²) in [4.78, 5) is 15.7. The molecule has 284 valence electrons. The first kappa shape index (κ1) is 35.0. The summed E-state index contributed by atoms with van der Waals surface area (Å²) in [6.07, 6.45) is 2.40. The minimum absolute atomic E-state index is 0.340. The van der Waals surface area contributed by atoms with Crippen LogP contribution in [-0.2, 0) is 0 Å². The van der Waals surface area contributed by atoms with Gasteiger partial charge in [-0.25, -0.2) is 15.0 Å². The van der Waals surface area contributed by atoms with Gasteiger partial charge < -0.3 is 0 Å². The molecule has 1 unspecified atom stereocenters. The molecule has 0 radical (unpaired) electrons. The van der Waals surface area contributed by atoms with Gasteiger partial charge >= 0.3 is 0 Å². The molecule has 0 saturated heterocycles. The molecule has 2 aliphatic rings. The molecule has 0 aliphatic heterocycles. The van der Waals surface area contributed by atoms with E-state index in [1.54, 1.807) is 0 Å². The molecular formula is C58H37N3. The lowest BCUT2D eigenvalue weighted by Gasteiger charge is -2.22. The number of hydrogen-bond acceptors (Lipinski definition) is 3. The van der Waals surface area contributed by atoms with Crippen molar-refractivity contribution in [3.8, 4) is 89.8 Å². The molecule has 0 fully saturated rings. The molecule has 0 saturated carbocycles. The van der Waals surface area contributed by atoms with Crippen molar-refractivity contribution >= 4 is 16.3 Å².